The fraction of sp³-hybridized carbons (Fsp3) is 1.00. The lowest BCUT2D eigenvalue weighted by Gasteiger charge is -2.15. The Labute approximate surface area is 119 Å². The number of hydrogen-bond donors (Lipinski definition) is 3. The normalized spacial score (nSPS) is 16.2. The molecule has 0 saturated heterocycles. The summed E-state index contributed by atoms with van der Waals surface area (Å²) in [4.78, 5) is 0. The van der Waals surface area contributed by atoms with Gasteiger partial charge in [-0.2, -0.15) is 16.8 Å². The third-order valence-corrected chi connectivity index (χ3v) is 6.46. The molecule has 12 heteroatoms. The maximum Gasteiger partial charge on any atom is 0.320 e. The molecule has 0 bridgehead atoms. The smallest absolute Gasteiger partial charge is 0.320 e. The van der Waals surface area contributed by atoms with E-state index in [1.807, 2.05) is 0 Å². The Kier molecular flexibility index (Phi) is 8.87. The van der Waals surface area contributed by atoms with Crippen molar-refractivity contribution in [3.05, 3.63) is 0 Å². The first-order chi connectivity index (χ1) is 8.53. The highest BCUT2D eigenvalue weighted by Crippen LogP contribution is 2.24. The second-order valence-electron chi connectivity index (χ2n) is 3.46. The Balaban J connectivity index is 4.34. The summed E-state index contributed by atoms with van der Waals surface area (Å²) in [5.74, 6) is -0.286. The minimum atomic E-state index is -4.36. The summed E-state index contributed by atoms with van der Waals surface area (Å²) in [5.41, 5.74) is 0. The zero-order chi connectivity index (χ0) is 15.1. The van der Waals surface area contributed by atoms with Gasteiger partial charge in [-0.1, -0.05) is 6.92 Å². The van der Waals surface area contributed by atoms with Crippen LogP contribution in [0, 0.1) is 0 Å². The van der Waals surface area contributed by atoms with E-state index in [2.05, 4.69) is 0 Å². The van der Waals surface area contributed by atoms with E-state index in [-0.39, 0.29) is 40.6 Å². The van der Waals surface area contributed by atoms with Crippen molar-refractivity contribution in [3.63, 3.8) is 0 Å². The van der Waals surface area contributed by atoms with Gasteiger partial charge in [-0.25, -0.2) is 0 Å². The topological polar surface area (TPSA) is 138 Å². The lowest BCUT2D eigenvalue weighted by molar-refractivity contribution is 0.0371. The van der Waals surface area contributed by atoms with E-state index in [4.69, 9.17) is 13.8 Å². The van der Waals surface area contributed by atoms with Gasteiger partial charge in [-0.3, -0.25) is 9.11 Å². The van der Waals surface area contributed by atoms with Crippen molar-refractivity contribution in [2.75, 3.05) is 19.0 Å². The van der Waals surface area contributed by atoms with Crippen LogP contribution in [0.1, 0.15) is 13.3 Å². The van der Waals surface area contributed by atoms with Gasteiger partial charge in [0.05, 0.1) is 24.6 Å². The first-order valence-electron chi connectivity index (χ1n) is 5.07. The summed E-state index contributed by atoms with van der Waals surface area (Å²) >= 11 is 0. The van der Waals surface area contributed by atoms with Crippen LogP contribution in [0.25, 0.3) is 0 Å². The monoisotopic (exact) mass is 356 g/mol. The molecular weight excluding hydrogens is 340 g/mol. The number of ether oxygens (including phenoxy) is 1. The molecule has 3 N–H and O–H groups in total. The van der Waals surface area contributed by atoms with Crippen molar-refractivity contribution < 1.29 is 35.8 Å². The summed E-state index contributed by atoms with van der Waals surface area (Å²) in [5, 5.41) is 8.32. The Morgan fingerprint density at radius 2 is 1.68 bits per heavy atom. The van der Waals surface area contributed by atoms with Gasteiger partial charge in [0.15, 0.2) is 0 Å². The molecule has 0 fully saturated rings. The zero-order valence-electron chi connectivity index (χ0n) is 10.00. The summed E-state index contributed by atoms with van der Waals surface area (Å²) in [6.07, 6.45) is -0.249. The second-order valence-corrected chi connectivity index (χ2v) is 10.4. The van der Waals surface area contributed by atoms with Gasteiger partial charge < -0.3 is 9.84 Å². The van der Waals surface area contributed by atoms with E-state index >= 15 is 0 Å². The predicted molar refractivity (Wildman–Crippen MR) is 74.1 cm³/mol. The fourth-order valence-corrected chi connectivity index (χ4v) is 5.20. The molecule has 19 heavy (non-hydrogen) atoms. The van der Waals surface area contributed by atoms with Crippen molar-refractivity contribution in [1.29, 1.82) is 0 Å². The summed E-state index contributed by atoms with van der Waals surface area (Å²) in [6.45, 7) is 1.51. The van der Waals surface area contributed by atoms with Crippen LogP contribution in [0.15, 0.2) is 0 Å². The average Bonchev–Trinajstić information content (AvgIpc) is 2.22. The fourth-order valence-electron chi connectivity index (χ4n) is 0.891. The van der Waals surface area contributed by atoms with Gasteiger partial charge in [0.1, 0.15) is 0 Å². The molecule has 116 valence electrons. The molecule has 0 aliphatic rings. The van der Waals surface area contributed by atoms with Gasteiger partial charge in [0.25, 0.3) is 0 Å². The molecule has 0 radical (unpaired) electrons. The zero-order valence-corrected chi connectivity index (χ0v) is 13.3. The third kappa shape index (κ3) is 13.2. The molecule has 0 aliphatic heterocycles. The quantitative estimate of drug-likeness (QED) is 0.368. The highest BCUT2D eigenvalue weighted by atomic mass is 33.2. The largest absolute Gasteiger partial charge is 0.391 e. The van der Waals surface area contributed by atoms with E-state index in [0.717, 1.165) is 0 Å². The molecule has 0 amide bonds. The van der Waals surface area contributed by atoms with Crippen LogP contribution in [0.4, 0.5) is 0 Å². The van der Waals surface area contributed by atoms with Gasteiger partial charge in [0, 0.05) is 16.5 Å². The standard InChI is InChI=1S/C7H16O8S4/c1-2-6(8)3-15-4-7(17-19(12,13)14)5-16-18(9,10)11/h6-8H,2-5H2,1H3,(H,9,10,11)(H,12,13,14). The van der Waals surface area contributed by atoms with E-state index in [1.54, 1.807) is 6.92 Å². The lowest BCUT2D eigenvalue weighted by Crippen LogP contribution is -2.22. The van der Waals surface area contributed by atoms with Crippen LogP contribution in [0.3, 0.4) is 0 Å². The minimum Gasteiger partial charge on any atom is -0.391 e. The van der Waals surface area contributed by atoms with E-state index in [1.165, 1.54) is 0 Å². The first kappa shape index (κ1) is 19.4. The minimum absolute atomic E-state index is 0.0322. The number of hydrogen-bond acceptors (Lipinski definition) is 8. The van der Waals surface area contributed by atoms with E-state index < -0.39 is 29.7 Å². The van der Waals surface area contributed by atoms with Crippen LogP contribution in [0.2, 0.25) is 0 Å². The highest BCUT2D eigenvalue weighted by molar-refractivity contribution is 8.71. The van der Waals surface area contributed by atoms with Crippen LogP contribution >= 0.6 is 21.6 Å². The van der Waals surface area contributed by atoms with Crippen molar-refractivity contribution in [3.8, 4) is 0 Å². The number of rotatable bonds is 10. The molecule has 0 aliphatic carbocycles. The third-order valence-electron chi connectivity index (χ3n) is 1.75. The molecule has 0 rings (SSSR count). The van der Waals surface area contributed by atoms with Crippen LogP contribution in [-0.2, 0) is 23.0 Å². The van der Waals surface area contributed by atoms with Gasteiger partial charge in [-0.05, 0) is 17.2 Å². The van der Waals surface area contributed by atoms with Crippen LogP contribution in [-0.4, -0.2) is 61.4 Å². The molecule has 8 nitrogen and oxygen atoms in total. The Hall–Kier alpha value is 0.440. The van der Waals surface area contributed by atoms with Crippen LogP contribution < -0.4 is 0 Å². The Morgan fingerprint density at radius 1 is 1.11 bits per heavy atom. The second kappa shape index (κ2) is 8.67. The molecule has 2 unspecified atom stereocenters. The van der Waals surface area contributed by atoms with Gasteiger partial charge in [-0.15, -0.1) is 0 Å². The molecule has 0 aromatic heterocycles. The van der Waals surface area contributed by atoms with Crippen molar-refractivity contribution >= 4 is 39.9 Å². The highest BCUT2D eigenvalue weighted by Gasteiger charge is 2.21. The van der Waals surface area contributed by atoms with Gasteiger partial charge in [0.2, 0.25) is 0 Å². The van der Waals surface area contributed by atoms with Crippen molar-refractivity contribution in [1.82, 2.24) is 0 Å². The molecule has 2 atom stereocenters. The molecular formula is C7H16O8S4. The summed E-state index contributed by atoms with van der Waals surface area (Å²) in [6, 6.07) is 0. The van der Waals surface area contributed by atoms with Crippen molar-refractivity contribution in [2.45, 2.75) is 24.7 Å². The SMILES string of the molecule is CCC(O)COCC(CSS(=O)(=O)O)SS(=O)(=O)O. The van der Waals surface area contributed by atoms with E-state index in [0.29, 0.717) is 6.42 Å². The molecule has 0 spiro atoms. The molecule has 0 heterocycles. The summed E-state index contributed by atoms with van der Waals surface area (Å²) in [7, 11) is -8.40. The lowest BCUT2D eigenvalue weighted by atomic mass is 10.3. The Morgan fingerprint density at radius 3 is 2.11 bits per heavy atom. The molecule has 0 aromatic rings. The average molecular weight is 356 g/mol. The van der Waals surface area contributed by atoms with Gasteiger partial charge >= 0.3 is 18.3 Å². The molecule has 0 aromatic carbocycles. The number of aliphatic hydroxyl groups is 1. The maximum absolute atomic E-state index is 10.7. The predicted octanol–water partition coefficient (Wildman–Crippen LogP) is 0.215. The maximum atomic E-state index is 10.7. The molecule has 0 saturated carbocycles. The van der Waals surface area contributed by atoms with Crippen LogP contribution in [0.5, 0.6) is 0 Å². The number of aliphatic hydroxyl groups excluding tert-OH is 1. The van der Waals surface area contributed by atoms with E-state index in [9.17, 15) is 21.9 Å². The summed E-state index contributed by atoms with van der Waals surface area (Å²) < 4.78 is 64.8. The Bertz CT molecular complexity index is 444. The first-order valence-corrected chi connectivity index (χ1v) is 10.8. The van der Waals surface area contributed by atoms with Crippen molar-refractivity contribution in [2.24, 2.45) is 0 Å².